The molecule has 0 saturated carbocycles. The van der Waals surface area contributed by atoms with Crippen LogP contribution in [0.3, 0.4) is 0 Å². The third-order valence-corrected chi connectivity index (χ3v) is 6.17. The molecule has 0 saturated heterocycles. The van der Waals surface area contributed by atoms with Gasteiger partial charge in [0.05, 0.1) is 22.3 Å². The number of aromatic nitrogens is 3. The van der Waals surface area contributed by atoms with Crippen molar-refractivity contribution in [1.29, 1.82) is 5.26 Å². The minimum absolute atomic E-state index is 0.534. The Labute approximate surface area is 183 Å². The monoisotopic (exact) mass is 408 g/mol. The number of benzene rings is 2. The molecule has 0 spiro atoms. The molecule has 0 aliphatic heterocycles. The summed E-state index contributed by atoms with van der Waals surface area (Å²) < 4.78 is 2.31. The molecule has 4 aromatic rings. The fraction of sp³-hybridized carbons (Fsp3) is 0.259. The molecule has 156 valence electrons. The quantitative estimate of drug-likeness (QED) is 0.391. The molecule has 0 aliphatic rings. The molecule has 0 bridgehead atoms. The van der Waals surface area contributed by atoms with Gasteiger partial charge in [0.2, 0.25) is 0 Å². The van der Waals surface area contributed by atoms with E-state index in [1.165, 1.54) is 27.9 Å². The zero-order chi connectivity index (χ0) is 22.3. The van der Waals surface area contributed by atoms with Crippen molar-refractivity contribution in [2.75, 3.05) is 0 Å². The number of rotatable bonds is 4. The van der Waals surface area contributed by atoms with Gasteiger partial charge < -0.3 is 9.55 Å². The number of allylic oxidation sites excluding steroid dienone is 1. The standard InChI is InChI=1S/C27H28N4/c1-7-21-10-8-9-16(2)26(21)31-19(5)13-22(20(31)6)14-23(15-28)27-29-24-11-17(3)18(4)12-25(24)30-27/h8-14H,7H2,1-6H3,(H,29,30)/b23-14-. The average Bonchev–Trinajstić information content (AvgIpc) is 3.26. The Hall–Kier alpha value is -3.58. The highest BCUT2D eigenvalue weighted by atomic mass is 15.0. The Balaban J connectivity index is 1.84. The maximum Gasteiger partial charge on any atom is 0.149 e. The molecule has 4 rings (SSSR count). The summed E-state index contributed by atoms with van der Waals surface area (Å²) in [6.45, 7) is 12.7. The van der Waals surface area contributed by atoms with E-state index in [9.17, 15) is 5.26 Å². The summed E-state index contributed by atoms with van der Waals surface area (Å²) in [4.78, 5) is 8.01. The first-order valence-electron chi connectivity index (χ1n) is 10.7. The summed E-state index contributed by atoms with van der Waals surface area (Å²) in [6, 6.07) is 15.1. The second kappa shape index (κ2) is 7.92. The molecule has 0 atom stereocenters. The fourth-order valence-electron chi connectivity index (χ4n) is 4.31. The summed E-state index contributed by atoms with van der Waals surface area (Å²) >= 11 is 0. The lowest BCUT2D eigenvalue weighted by Gasteiger charge is -2.17. The van der Waals surface area contributed by atoms with Gasteiger partial charge in [-0.1, -0.05) is 25.1 Å². The number of hydrogen-bond acceptors (Lipinski definition) is 2. The van der Waals surface area contributed by atoms with E-state index in [1.807, 2.05) is 6.08 Å². The molecular weight excluding hydrogens is 380 g/mol. The van der Waals surface area contributed by atoms with Crippen LogP contribution in [0.4, 0.5) is 0 Å². The summed E-state index contributed by atoms with van der Waals surface area (Å²) in [5.74, 6) is 0.609. The molecule has 4 nitrogen and oxygen atoms in total. The smallest absolute Gasteiger partial charge is 0.149 e. The minimum atomic E-state index is 0.534. The van der Waals surface area contributed by atoms with E-state index >= 15 is 0 Å². The summed E-state index contributed by atoms with van der Waals surface area (Å²) in [5.41, 5.74) is 11.9. The normalized spacial score (nSPS) is 11.8. The van der Waals surface area contributed by atoms with Gasteiger partial charge in [0.15, 0.2) is 0 Å². The number of nitrogens with one attached hydrogen (secondary N) is 1. The Bertz CT molecular complexity index is 1330. The Kier molecular flexibility index (Phi) is 5.29. The topological polar surface area (TPSA) is 57.4 Å². The maximum absolute atomic E-state index is 9.90. The van der Waals surface area contributed by atoms with E-state index in [4.69, 9.17) is 0 Å². The molecule has 0 fully saturated rings. The zero-order valence-electron chi connectivity index (χ0n) is 19.1. The first kappa shape index (κ1) is 20.7. The Morgan fingerprint density at radius 3 is 2.52 bits per heavy atom. The lowest BCUT2D eigenvalue weighted by Crippen LogP contribution is -2.05. The van der Waals surface area contributed by atoms with Gasteiger partial charge in [-0.3, -0.25) is 0 Å². The third-order valence-electron chi connectivity index (χ3n) is 6.17. The van der Waals surface area contributed by atoms with Crippen LogP contribution >= 0.6 is 0 Å². The predicted octanol–water partition coefficient (Wildman–Crippen LogP) is 6.52. The number of aromatic amines is 1. The highest BCUT2D eigenvalue weighted by Crippen LogP contribution is 2.29. The first-order valence-corrected chi connectivity index (χ1v) is 10.7. The number of nitrogens with zero attached hydrogens (tertiary/aromatic N) is 3. The van der Waals surface area contributed by atoms with Crippen LogP contribution in [0, 0.1) is 45.9 Å². The van der Waals surface area contributed by atoms with Gasteiger partial charge in [-0.05, 0) is 93.1 Å². The Morgan fingerprint density at radius 1 is 1.06 bits per heavy atom. The molecule has 0 aliphatic carbocycles. The van der Waals surface area contributed by atoms with Crippen LogP contribution in [0.5, 0.6) is 0 Å². The number of para-hydroxylation sites is 1. The van der Waals surface area contributed by atoms with Crippen molar-refractivity contribution in [2.45, 2.75) is 48.0 Å². The number of hydrogen-bond donors (Lipinski definition) is 1. The molecule has 2 heterocycles. The van der Waals surface area contributed by atoms with Gasteiger partial charge >= 0.3 is 0 Å². The van der Waals surface area contributed by atoms with Gasteiger partial charge in [-0.25, -0.2) is 4.98 Å². The molecule has 4 heteroatoms. The van der Waals surface area contributed by atoms with Gasteiger partial charge in [0.1, 0.15) is 11.9 Å². The highest BCUT2D eigenvalue weighted by Gasteiger charge is 2.16. The van der Waals surface area contributed by atoms with Crippen molar-refractivity contribution in [3.05, 3.63) is 81.4 Å². The van der Waals surface area contributed by atoms with Crippen molar-refractivity contribution < 1.29 is 0 Å². The molecule has 2 aromatic carbocycles. The van der Waals surface area contributed by atoms with Crippen LogP contribution in [0.15, 0.2) is 36.4 Å². The second-order valence-corrected chi connectivity index (χ2v) is 8.31. The zero-order valence-corrected chi connectivity index (χ0v) is 19.1. The summed E-state index contributed by atoms with van der Waals surface area (Å²) in [7, 11) is 0. The summed E-state index contributed by atoms with van der Waals surface area (Å²) in [6.07, 6.45) is 2.92. The van der Waals surface area contributed by atoms with Crippen LogP contribution in [0.1, 0.15) is 52.0 Å². The van der Waals surface area contributed by atoms with Crippen molar-refractivity contribution >= 4 is 22.7 Å². The summed E-state index contributed by atoms with van der Waals surface area (Å²) in [5, 5.41) is 9.90. The number of imidazole rings is 1. The molecule has 2 aromatic heterocycles. The van der Waals surface area contributed by atoms with Gasteiger partial charge in [-0.15, -0.1) is 0 Å². The number of nitriles is 1. The molecule has 0 amide bonds. The largest absolute Gasteiger partial charge is 0.337 e. The van der Waals surface area contributed by atoms with E-state index in [1.54, 1.807) is 0 Å². The van der Waals surface area contributed by atoms with E-state index < -0.39 is 0 Å². The fourth-order valence-corrected chi connectivity index (χ4v) is 4.31. The van der Waals surface area contributed by atoms with Gasteiger partial charge in [-0.2, -0.15) is 5.26 Å². The van der Waals surface area contributed by atoms with E-state index in [0.29, 0.717) is 11.4 Å². The van der Waals surface area contributed by atoms with Gasteiger partial charge in [0.25, 0.3) is 0 Å². The van der Waals surface area contributed by atoms with E-state index in [-0.39, 0.29) is 0 Å². The van der Waals surface area contributed by atoms with Crippen LogP contribution in [-0.4, -0.2) is 14.5 Å². The molecule has 0 radical (unpaired) electrons. The first-order chi connectivity index (χ1) is 14.8. The van der Waals surface area contributed by atoms with Crippen LogP contribution < -0.4 is 0 Å². The predicted molar refractivity (Wildman–Crippen MR) is 128 cm³/mol. The number of H-pyrrole nitrogens is 1. The molecular formula is C27H28N4. The Morgan fingerprint density at radius 2 is 1.81 bits per heavy atom. The average molecular weight is 409 g/mol. The molecule has 31 heavy (non-hydrogen) atoms. The van der Waals surface area contributed by atoms with Crippen molar-refractivity contribution in [3.63, 3.8) is 0 Å². The lowest BCUT2D eigenvalue weighted by atomic mass is 10.1. The highest BCUT2D eigenvalue weighted by molar-refractivity contribution is 5.91. The van der Waals surface area contributed by atoms with E-state index in [0.717, 1.165) is 34.4 Å². The van der Waals surface area contributed by atoms with E-state index in [2.05, 4.69) is 98.5 Å². The van der Waals surface area contributed by atoms with Crippen molar-refractivity contribution in [2.24, 2.45) is 0 Å². The van der Waals surface area contributed by atoms with Crippen molar-refractivity contribution in [1.82, 2.24) is 14.5 Å². The SMILES string of the molecule is CCc1cccc(C)c1-n1c(C)cc(/C=C(/C#N)c2nc3cc(C)c(C)cc3[nH]2)c1C. The maximum atomic E-state index is 9.90. The van der Waals surface area contributed by atoms with Crippen LogP contribution in [0.25, 0.3) is 28.4 Å². The second-order valence-electron chi connectivity index (χ2n) is 8.31. The molecule has 0 unspecified atom stereocenters. The lowest BCUT2D eigenvalue weighted by molar-refractivity contribution is 0.925. The van der Waals surface area contributed by atoms with Crippen LogP contribution in [0.2, 0.25) is 0 Å². The minimum Gasteiger partial charge on any atom is -0.337 e. The number of fused-ring (bicyclic) bond motifs is 1. The third kappa shape index (κ3) is 3.57. The number of aryl methyl sites for hydroxylation is 5. The van der Waals surface area contributed by atoms with Crippen LogP contribution in [-0.2, 0) is 6.42 Å². The van der Waals surface area contributed by atoms with Gasteiger partial charge in [0, 0.05) is 11.4 Å². The van der Waals surface area contributed by atoms with Crippen molar-refractivity contribution in [3.8, 4) is 11.8 Å². The molecule has 1 N–H and O–H groups in total.